The van der Waals surface area contributed by atoms with E-state index in [1.807, 2.05) is 54.2 Å². The number of anilines is 1. The number of thiocarbonyl (C=S) groups is 1. The van der Waals surface area contributed by atoms with E-state index in [4.69, 9.17) is 12.2 Å². The molecule has 0 N–H and O–H groups in total. The van der Waals surface area contributed by atoms with Crippen molar-refractivity contribution >= 4 is 51.7 Å². The maximum atomic E-state index is 12.5. The summed E-state index contributed by atoms with van der Waals surface area (Å²) in [5, 5.41) is 1.19. The molecule has 21 heavy (non-hydrogen) atoms. The van der Waals surface area contributed by atoms with Gasteiger partial charge in [0.25, 0.3) is 5.91 Å². The molecule has 0 radical (unpaired) electrons. The maximum absolute atomic E-state index is 12.5. The number of rotatable bonds is 2. The van der Waals surface area contributed by atoms with Gasteiger partial charge >= 0.3 is 0 Å². The molecule has 1 amide bonds. The maximum Gasteiger partial charge on any atom is 0.270 e. The van der Waals surface area contributed by atoms with Crippen LogP contribution in [0.5, 0.6) is 0 Å². The number of nitrogens with zero attached hydrogens (tertiary/aromatic N) is 2. The topological polar surface area (TPSA) is 23.6 Å². The third-order valence-electron chi connectivity index (χ3n) is 3.24. The fourth-order valence-corrected chi connectivity index (χ4v) is 4.40. The Bertz CT molecular complexity index is 640. The molecule has 0 spiro atoms. The van der Waals surface area contributed by atoms with Gasteiger partial charge in [-0.3, -0.25) is 9.69 Å². The second kappa shape index (κ2) is 6.25. The molecule has 0 unspecified atom stereocenters. The minimum atomic E-state index is -0.0429. The molecule has 0 aliphatic carbocycles. The Labute approximate surface area is 138 Å². The van der Waals surface area contributed by atoms with Gasteiger partial charge in [0, 0.05) is 19.3 Å². The van der Waals surface area contributed by atoms with Crippen molar-refractivity contribution in [3.8, 4) is 0 Å². The van der Waals surface area contributed by atoms with Crippen molar-refractivity contribution in [3.05, 3.63) is 52.4 Å². The Hall–Kier alpha value is -1.24. The molecule has 108 valence electrons. The normalized spacial score (nSPS) is 22.9. The third-order valence-corrected chi connectivity index (χ3v) is 5.69. The lowest BCUT2D eigenvalue weighted by molar-refractivity contribution is -0.113. The number of hydrogen-bond acceptors (Lipinski definition) is 5. The van der Waals surface area contributed by atoms with E-state index in [2.05, 4.69) is 11.9 Å². The molecule has 0 saturated carbocycles. The van der Waals surface area contributed by atoms with E-state index in [1.54, 1.807) is 4.90 Å². The standard InChI is InChI=1S/C15H14N2OS3/c1-16-9-10-20-13(16)8-7-12-14(18)17(15(19)21-12)11-5-3-2-4-6-11/h2-8H,9-10H2,1H3. The molecule has 3 rings (SSSR count). The van der Waals surface area contributed by atoms with Crippen LogP contribution in [0, 0.1) is 0 Å². The highest BCUT2D eigenvalue weighted by Gasteiger charge is 2.32. The van der Waals surface area contributed by atoms with Gasteiger partial charge in [0.1, 0.15) is 0 Å². The monoisotopic (exact) mass is 334 g/mol. The van der Waals surface area contributed by atoms with E-state index < -0.39 is 0 Å². The predicted molar refractivity (Wildman–Crippen MR) is 95.4 cm³/mol. The van der Waals surface area contributed by atoms with Crippen LogP contribution in [0.1, 0.15) is 0 Å². The molecule has 2 aliphatic heterocycles. The highest BCUT2D eigenvalue weighted by molar-refractivity contribution is 8.27. The SMILES string of the molecule is CN1CCSC1=CC=C1SC(=S)N(c2ccccc2)C1=O. The Balaban J connectivity index is 1.84. The molecule has 3 nitrogen and oxygen atoms in total. The van der Waals surface area contributed by atoms with E-state index in [1.165, 1.54) is 16.8 Å². The minimum absolute atomic E-state index is 0.0429. The zero-order valence-corrected chi connectivity index (χ0v) is 13.9. The van der Waals surface area contributed by atoms with Crippen molar-refractivity contribution in [2.24, 2.45) is 0 Å². The van der Waals surface area contributed by atoms with Crippen LogP contribution in [0.3, 0.4) is 0 Å². The van der Waals surface area contributed by atoms with Crippen LogP contribution >= 0.6 is 35.7 Å². The van der Waals surface area contributed by atoms with Crippen LogP contribution in [0.15, 0.2) is 52.4 Å². The fraction of sp³-hybridized carbons (Fsp3) is 0.200. The van der Waals surface area contributed by atoms with E-state index >= 15 is 0 Å². The summed E-state index contributed by atoms with van der Waals surface area (Å²) in [5.41, 5.74) is 0.823. The molecular formula is C15H14N2OS3. The first kappa shape index (κ1) is 14.7. The molecular weight excluding hydrogens is 320 g/mol. The summed E-state index contributed by atoms with van der Waals surface area (Å²) in [5.74, 6) is 1.06. The molecule has 2 aliphatic rings. The zero-order valence-electron chi connectivity index (χ0n) is 11.5. The number of amides is 1. The summed E-state index contributed by atoms with van der Waals surface area (Å²) in [7, 11) is 2.06. The molecule has 1 aromatic rings. The second-order valence-corrected chi connectivity index (χ2v) is 7.44. The summed E-state index contributed by atoms with van der Waals surface area (Å²) >= 11 is 8.51. The van der Waals surface area contributed by atoms with Crippen LogP contribution in [0.4, 0.5) is 5.69 Å². The van der Waals surface area contributed by atoms with Gasteiger partial charge in [-0.1, -0.05) is 42.2 Å². The average Bonchev–Trinajstić information content (AvgIpc) is 3.01. The number of benzene rings is 1. The molecule has 2 heterocycles. The number of allylic oxidation sites excluding steroid dienone is 2. The van der Waals surface area contributed by atoms with Gasteiger partial charge in [-0.05, 0) is 24.3 Å². The lowest BCUT2D eigenvalue weighted by atomic mass is 10.3. The average molecular weight is 334 g/mol. The summed E-state index contributed by atoms with van der Waals surface area (Å²) in [4.78, 5) is 17.0. The Morgan fingerprint density at radius 3 is 2.67 bits per heavy atom. The van der Waals surface area contributed by atoms with Crippen LogP contribution < -0.4 is 4.90 Å². The highest BCUT2D eigenvalue weighted by Crippen LogP contribution is 2.35. The lowest BCUT2D eigenvalue weighted by Gasteiger charge is -2.13. The van der Waals surface area contributed by atoms with Crippen LogP contribution in [0.25, 0.3) is 0 Å². The van der Waals surface area contributed by atoms with Crippen LogP contribution in [-0.2, 0) is 4.79 Å². The van der Waals surface area contributed by atoms with Gasteiger partial charge < -0.3 is 4.90 Å². The van der Waals surface area contributed by atoms with Crippen molar-refractivity contribution in [2.45, 2.75) is 0 Å². The van der Waals surface area contributed by atoms with E-state index in [-0.39, 0.29) is 5.91 Å². The molecule has 2 fully saturated rings. The number of carbonyl (C=O) groups excluding carboxylic acids is 1. The van der Waals surface area contributed by atoms with Crippen molar-refractivity contribution in [3.63, 3.8) is 0 Å². The molecule has 2 saturated heterocycles. The molecule has 6 heteroatoms. The van der Waals surface area contributed by atoms with Gasteiger partial charge in [-0.15, -0.1) is 11.8 Å². The summed E-state index contributed by atoms with van der Waals surface area (Å²) in [6, 6.07) is 9.53. The van der Waals surface area contributed by atoms with Gasteiger partial charge in [0.2, 0.25) is 0 Å². The zero-order chi connectivity index (χ0) is 14.8. The quantitative estimate of drug-likeness (QED) is 0.609. The number of para-hydroxylation sites is 1. The predicted octanol–water partition coefficient (Wildman–Crippen LogP) is 3.46. The van der Waals surface area contributed by atoms with Crippen molar-refractivity contribution in [2.75, 3.05) is 24.2 Å². The van der Waals surface area contributed by atoms with Gasteiger partial charge in [0.15, 0.2) is 4.32 Å². The molecule has 0 atom stereocenters. The van der Waals surface area contributed by atoms with Crippen LogP contribution in [0.2, 0.25) is 0 Å². The molecule has 1 aromatic carbocycles. The third kappa shape index (κ3) is 3.02. The van der Waals surface area contributed by atoms with E-state index in [0.717, 1.165) is 18.0 Å². The first-order valence-electron chi connectivity index (χ1n) is 6.54. The Morgan fingerprint density at radius 2 is 2.00 bits per heavy atom. The number of thioether (sulfide) groups is 2. The lowest BCUT2D eigenvalue weighted by Crippen LogP contribution is -2.27. The first-order valence-corrected chi connectivity index (χ1v) is 8.75. The van der Waals surface area contributed by atoms with Gasteiger partial charge in [-0.25, -0.2) is 0 Å². The number of hydrogen-bond donors (Lipinski definition) is 0. The van der Waals surface area contributed by atoms with Crippen molar-refractivity contribution in [1.82, 2.24) is 4.90 Å². The second-order valence-electron chi connectivity index (χ2n) is 4.65. The minimum Gasteiger partial charge on any atom is -0.369 e. The van der Waals surface area contributed by atoms with Gasteiger partial charge in [0.05, 0.1) is 15.6 Å². The molecule has 0 aromatic heterocycles. The van der Waals surface area contributed by atoms with E-state index in [0.29, 0.717) is 9.23 Å². The summed E-state index contributed by atoms with van der Waals surface area (Å²) in [6.45, 7) is 1.05. The first-order chi connectivity index (χ1) is 10.2. The van der Waals surface area contributed by atoms with Crippen molar-refractivity contribution in [1.29, 1.82) is 0 Å². The van der Waals surface area contributed by atoms with Gasteiger partial charge in [-0.2, -0.15) is 0 Å². The van der Waals surface area contributed by atoms with Crippen LogP contribution in [-0.4, -0.2) is 34.5 Å². The molecule has 0 bridgehead atoms. The summed E-state index contributed by atoms with van der Waals surface area (Å²) < 4.78 is 0.586. The Kier molecular flexibility index (Phi) is 4.37. The Morgan fingerprint density at radius 1 is 1.24 bits per heavy atom. The summed E-state index contributed by atoms with van der Waals surface area (Å²) in [6.07, 6.45) is 3.89. The highest BCUT2D eigenvalue weighted by atomic mass is 32.2. The fourth-order valence-electron chi connectivity index (χ4n) is 2.11. The van der Waals surface area contributed by atoms with Crippen molar-refractivity contribution < 1.29 is 4.79 Å². The smallest absolute Gasteiger partial charge is 0.270 e. The number of carbonyl (C=O) groups is 1. The van der Waals surface area contributed by atoms with E-state index in [9.17, 15) is 4.79 Å². The largest absolute Gasteiger partial charge is 0.369 e.